The summed E-state index contributed by atoms with van der Waals surface area (Å²) >= 11 is 0. The first kappa shape index (κ1) is 13.6. The zero-order valence-electron chi connectivity index (χ0n) is 11.2. The number of carbonyl (C=O) groups is 1. The minimum absolute atomic E-state index is 0.0624. The molecule has 0 saturated heterocycles. The van der Waals surface area contributed by atoms with Crippen molar-refractivity contribution >= 4 is 22.5 Å². The van der Waals surface area contributed by atoms with Crippen LogP contribution in [0.1, 0.15) is 0 Å². The van der Waals surface area contributed by atoms with Crippen LogP contribution >= 0.6 is 0 Å². The summed E-state index contributed by atoms with van der Waals surface area (Å²) in [6.07, 6.45) is 2.02. The van der Waals surface area contributed by atoms with Crippen molar-refractivity contribution in [2.45, 2.75) is 6.54 Å². The molecular weight excluding hydrogens is 244 g/mol. The first-order valence-electron chi connectivity index (χ1n) is 6.11. The predicted octanol–water partition coefficient (Wildman–Crippen LogP) is 1.87. The number of methoxy groups -OCH3 is 2. The van der Waals surface area contributed by atoms with Gasteiger partial charge in [-0.25, -0.2) is 0 Å². The first-order valence-corrected chi connectivity index (χ1v) is 6.11. The van der Waals surface area contributed by atoms with Crippen molar-refractivity contribution in [3.05, 3.63) is 30.5 Å². The van der Waals surface area contributed by atoms with Gasteiger partial charge in [0, 0.05) is 43.6 Å². The van der Waals surface area contributed by atoms with Crippen molar-refractivity contribution in [1.29, 1.82) is 0 Å². The van der Waals surface area contributed by atoms with Crippen molar-refractivity contribution < 1.29 is 14.3 Å². The normalized spacial score (nSPS) is 10.8. The number of nitrogens with one attached hydrogen (secondary N) is 1. The third-order valence-corrected chi connectivity index (χ3v) is 2.87. The fourth-order valence-corrected chi connectivity index (χ4v) is 1.99. The van der Waals surface area contributed by atoms with Crippen molar-refractivity contribution in [3.63, 3.8) is 0 Å². The maximum absolute atomic E-state index is 11.4. The molecule has 5 heteroatoms. The molecule has 1 aromatic heterocycles. The molecule has 2 rings (SSSR count). The average Bonchev–Trinajstić information content (AvgIpc) is 2.79. The van der Waals surface area contributed by atoms with E-state index in [0.717, 1.165) is 23.1 Å². The Kier molecular flexibility index (Phi) is 4.54. The molecule has 0 aliphatic carbocycles. The molecule has 0 radical (unpaired) electrons. The van der Waals surface area contributed by atoms with E-state index in [0.29, 0.717) is 6.61 Å². The molecule has 102 valence electrons. The summed E-state index contributed by atoms with van der Waals surface area (Å²) < 4.78 is 12.0. The highest BCUT2D eigenvalue weighted by Gasteiger charge is 2.05. The molecule has 0 saturated carbocycles. The smallest absolute Gasteiger partial charge is 0.250 e. The maximum atomic E-state index is 11.4. The Hall–Kier alpha value is -1.85. The van der Waals surface area contributed by atoms with E-state index in [-0.39, 0.29) is 12.5 Å². The molecule has 0 spiro atoms. The highest BCUT2D eigenvalue weighted by Crippen LogP contribution is 2.20. The number of ether oxygens (including phenoxy) is 2. The van der Waals surface area contributed by atoms with Crippen molar-refractivity contribution in [1.82, 2.24) is 4.57 Å². The van der Waals surface area contributed by atoms with Gasteiger partial charge in [-0.15, -0.1) is 0 Å². The highest BCUT2D eigenvalue weighted by atomic mass is 16.5. The largest absolute Gasteiger partial charge is 0.383 e. The molecule has 0 unspecified atom stereocenters. The van der Waals surface area contributed by atoms with Crippen LogP contribution in [0.3, 0.4) is 0 Å². The number of benzene rings is 1. The minimum Gasteiger partial charge on any atom is -0.383 e. The number of carbonyl (C=O) groups excluding carboxylic acids is 1. The zero-order valence-corrected chi connectivity index (χ0v) is 11.2. The lowest BCUT2D eigenvalue weighted by atomic mass is 10.2. The Morgan fingerprint density at radius 1 is 1.26 bits per heavy atom. The van der Waals surface area contributed by atoms with Gasteiger partial charge in [-0.1, -0.05) is 0 Å². The summed E-state index contributed by atoms with van der Waals surface area (Å²) in [6, 6.07) is 7.86. The van der Waals surface area contributed by atoms with E-state index >= 15 is 0 Å². The van der Waals surface area contributed by atoms with Gasteiger partial charge in [0.1, 0.15) is 6.61 Å². The van der Waals surface area contributed by atoms with Crippen molar-refractivity contribution in [2.75, 3.05) is 32.8 Å². The number of amides is 1. The van der Waals surface area contributed by atoms with Gasteiger partial charge in [0.05, 0.1) is 6.61 Å². The summed E-state index contributed by atoms with van der Waals surface area (Å²) in [5, 5.41) is 3.88. The van der Waals surface area contributed by atoms with E-state index in [1.807, 2.05) is 30.5 Å². The standard InChI is InChI=1S/C14H18N2O3/c1-18-8-7-16-6-5-11-9-12(3-4-13(11)16)15-14(17)10-19-2/h3-6,9H,7-8,10H2,1-2H3,(H,15,17). The first-order chi connectivity index (χ1) is 9.24. The van der Waals surface area contributed by atoms with Gasteiger partial charge in [0.15, 0.2) is 0 Å². The van der Waals surface area contributed by atoms with E-state index in [1.54, 1.807) is 7.11 Å². The Morgan fingerprint density at radius 2 is 2.11 bits per heavy atom. The molecule has 1 heterocycles. The van der Waals surface area contributed by atoms with Gasteiger partial charge in [-0.05, 0) is 24.3 Å². The zero-order chi connectivity index (χ0) is 13.7. The van der Waals surface area contributed by atoms with Crippen LogP contribution in [-0.4, -0.2) is 37.9 Å². The molecule has 19 heavy (non-hydrogen) atoms. The Bertz CT molecular complexity index is 563. The van der Waals surface area contributed by atoms with Crippen LogP contribution in [0.4, 0.5) is 5.69 Å². The molecule has 0 aliphatic heterocycles. The third kappa shape index (κ3) is 3.33. The molecule has 0 bridgehead atoms. The van der Waals surface area contributed by atoms with E-state index in [1.165, 1.54) is 7.11 Å². The fraction of sp³-hybridized carbons (Fsp3) is 0.357. The van der Waals surface area contributed by atoms with Gasteiger partial charge < -0.3 is 19.4 Å². The summed E-state index contributed by atoms with van der Waals surface area (Å²) in [4.78, 5) is 11.4. The lowest BCUT2D eigenvalue weighted by Gasteiger charge is -2.07. The quantitative estimate of drug-likeness (QED) is 0.864. The molecule has 1 aromatic carbocycles. The molecule has 0 fully saturated rings. The Morgan fingerprint density at radius 3 is 2.84 bits per heavy atom. The van der Waals surface area contributed by atoms with Crippen LogP contribution in [0.5, 0.6) is 0 Å². The summed E-state index contributed by atoms with van der Waals surface area (Å²) in [5.41, 5.74) is 1.90. The van der Waals surface area contributed by atoms with Crippen LogP contribution in [0, 0.1) is 0 Å². The number of hydrogen-bond donors (Lipinski definition) is 1. The van der Waals surface area contributed by atoms with E-state index < -0.39 is 0 Å². The van der Waals surface area contributed by atoms with Gasteiger partial charge >= 0.3 is 0 Å². The second-order valence-corrected chi connectivity index (χ2v) is 4.26. The lowest BCUT2D eigenvalue weighted by Crippen LogP contribution is -2.16. The molecule has 1 amide bonds. The number of anilines is 1. The lowest BCUT2D eigenvalue weighted by molar-refractivity contribution is -0.119. The third-order valence-electron chi connectivity index (χ3n) is 2.87. The van der Waals surface area contributed by atoms with Crippen LogP contribution in [0.2, 0.25) is 0 Å². The summed E-state index contributed by atoms with van der Waals surface area (Å²) in [6.45, 7) is 1.55. The van der Waals surface area contributed by atoms with E-state index in [4.69, 9.17) is 9.47 Å². The van der Waals surface area contributed by atoms with Gasteiger partial charge in [0.25, 0.3) is 0 Å². The topological polar surface area (TPSA) is 52.5 Å². The number of rotatable bonds is 6. The number of nitrogens with zero attached hydrogens (tertiary/aromatic N) is 1. The predicted molar refractivity (Wildman–Crippen MR) is 74.3 cm³/mol. The summed E-state index contributed by atoms with van der Waals surface area (Å²) in [5.74, 6) is -0.152. The van der Waals surface area contributed by atoms with Crippen LogP contribution in [-0.2, 0) is 20.8 Å². The number of fused-ring (bicyclic) bond motifs is 1. The van der Waals surface area contributed by atoms with Crippen LogP contribution in [0.15, 0.2) is 30.5 Å². The SMILES string of the molecule is COCCn1ccc2cc(NC(=O)COC)ccc21. The molecule has 5 nitrogen and oxygen atoms in total. The van der Waals surface area contributed by atoms with Crippen molar-refractivity contribution in [2.24, 2.45) is 0 Å². The molecule has 0 aliphatic rings. The molecule has 0 atom stereocenters. The molecule has 1 N–H and O–H groups in total. The highest BCUT2D eigenvalue weighted by molar-refractivity contribution is 5.94. The van der Waals surface area contributed by atoms with Gasteiger partial charge in [0.2, 0.25) is 5.91 Å². The van der Waals surface area contributed by atoms with Gasteiger partial charge in [-0.2, -0.15) is 0 Å². The van der Waals surface area contributed by atoms with Crippen LogP contribution < -0.4 is 5.32 Å². The van der Waals surface area contributed by atoms with E-state index in [9.17, 15) is 4.79 Å². The Labute approximate surface area is 112 Å². The van der Waals surface area contributed by atoms with Crippen LogP contribution in [0.25, 0.3) is 10.9 Å². The number of hydrogen-bond acceptors (Lipinski definition) is 3. The van der Waals surface area contributed by atoms with E-state index in [2.05, 4.69) is 9.88 Å². The maximum Gasteiger partial charge on any atom is 0.250 e. The fourth-order valence-electron chi connectivity index (χ4n) is 1.99. The summed E-state index contributed by atoms with van der Waals surface area (Å²) in [7, 11) is 3.19. The minimum atomic E-state index is -0.152. The second kappa shape index (κ2) is 6.36. The molecule has 2 aromatic rings. The monoisotopic (exact) mass is 262 g/mol. The molecular formula is C14H18N2O3. The average molecular weight is 262 g/mol. The van der Waals surface area contributed by atoms with Crippen molar-refractivity contribution in [3.8, 4) is 0 Å². The van der Waals surface area contributed by atoms with Gasteiger partial charge in [-0.3, -0.25) is 4.79 Å². The Balaban J connectivity index is 2.15. The number of aromatic nitrogens is 1. The second-order valence-electron chi connectivity index (χ2n) is 4.26.